The summed E-state index contributed by atoms with van der Waals surface area (Å²) in [5.74, 6) is 0. The normalized spacial score (nSPS) is 21.4. The first-order chi connectivity index (χ1) is 7.93. The van der Waals surface area contributed by atoms with Crippen LogP contribution in [0.1, 0.15) is 51.9 Å². The molecule has 1 unspecified atom stereocenters. The predicted octanol–water partition coefficient (Wildman–Crippen LogP) is 5.14. The summed E-state index contributed by atoms with van der Waals surface area (Å²) in [4.78, 5) is 0. The summed E-state index contributed by atoms with van der Waals surface area (Å²) in [6, 6.07) is 0. The molecular formula is C15H30OSi. The molecule has 0 aromatic carbocycles. The Labute approximate surface area is 109 Å². The van der Waals surface area contributed by atoms with Crippen molar-refractivity contribution in [3.05, 3.63) is 12.7 Å². The number of rotatable bonds is 7. The van der Waals surface area contributed by atoms with Crippen LogP contribution in [0, 0.1) is 5.41 Å². The van der Waals surface area contributed by atoms with Gasteiger partial charge in [0.05, 0.1) is 6.10 Å². The second-order valence-electron chi connectivity index (χ2n) is 6.56. The molecule has 1 atom stereocenters. The number of unbranched alkanes of at least 4 members (excludes halogenated alkanes) is 1. The smallest absolute Gasteiger partial charge is 0.184 e. The van der Waals surface area contributed by atoms with Crippen LogP contribution in [0.3, 0.4) is 0 Å². The largest absolute Gasteiger partial charge is 0.411 e. The lowest BCUT2D eigenvalue weighted by Crippen LogP contribution is -2.41. The maximum absolute atomic E-state index is 6.39. The van der Waals surface area contributed by atoms with Gasteiger partial charge in [-0.05, 0) is 44.3 Å². The van der Waals surface area contributed by atoms with Crippen LogP contribution >= 0.6 is 0 Å². The van der Waals surface area contributed by atoms with Crippen LogP contribution in [0.2, 0.25) is 19.6 Å². The topological polar surface area (TPSA) is 9.23 Å². The molecule has 1 rings (SSSR count). The number of hydrogen-bond donors (Lipinski definition) is 0. The van der Waals surface area contributed by atoms with Gasteiger partial charge >= 0.3 is 0 Å². The van der Waals surface area contributed by atoms with Gasteiger partial charge in [0, 0.05) is 0 Å². The average molecular weight is 254 g/mol. The molecule has 0 bridgehead atoms. The van der Waals surface area contributed by atoms with E-state index >= 15 is 0 Å². The summed E-state index contributed by atoms with van der Waals surface area (Å²) in [5.41, 5.74) is 0.415. The van der Waals surface area contributed by atoms with E-state index in [9.17, 15) is 0 Å². The van der Waals surface area contributed by atoms with Crippen LogP contribution in [0.5, 0.6) is 0 Å². The molecule has 1 nitrogen and oxygen atoms in total. The lowest BCUT2D eigenvalue weighted by atomic mass is 9.76. The lowest BCUT2D eigenvalue weighted by molar-refractivity contribution is 0.0707. The fourth-order valence-corrected chi connectivity index (χ4v) is 4.20. The van der Waals surface area contributed by atoms with Crippen molar-refractivity contribution in [3.63, 3.8) is 0 Å². The predicted molar refractivity (Wildman–Crippen MR) is 78.8 cm³/mol. The van der Waals surface area contributed by atoms with Gasteiger partial charge in [-0.3, -0.25) is 0 Å². The molecule has 1 fully saturated rings. The average Bonchev–Trinajstić information content (AvgIpc) is 2.71. The molecule has 0 N–H and O–H groups in total. The van der Waals surface area contributed by atoms with Crippen molar-refractivity contribution >= 4 is 8.32 Å². The molecule has 1 aliphatic carbocycles. The Balaban J connectivity index is 2.75. The van der Waals surface area contributed by atoms with E-state index in [2.05, 4.69) is 39.2 Å². The molecule has 2 heteroatoms. The minimum atomic E-state index is -1.47. The fourth-order valence-electron chi connectivity index (χ4n) is 3.09. The van der Waals surface area contributed by atoms with Crippen LogP contribution in [0.15, 0.2) is 12.7 Å². The summed E-state index contributed by atoms with van der Waals surface area (Å²) >= 11 is 0. The van der Waals surface area contributed by atoms with E-state index in [1.165, 1.54) is 44.9 Å². The maximum Gasteiger partial charge on any atom is 0.184 e. The molecule has 0 heterocycles. The third kappa shape index (κ3) is 4.25. The highest BCUT2D eigenvalue weighted by Crippen LogP contribution is 2.47. The molecule has 0 aromatic rings. The molecular weight excluding hydrogens is 224 g/mol. The second kappa shape index (κ2) is 6.19. The van der Waals surface area contributed by atoms with E-state index in [0.29, 0.717) is 11.5 Å². The molecule has 0 aromatic heterocycles. The highest BCUT2D eigenvalue weighted by atomic mass is 28.4. The zero-order valence-electron chi connectivity index (χ0n) is 12.2. The summed E-state index contributed by atoms with van der Waals surface area (Å²) < 4.78 is 6.39. The first-order valence-electron chi connectivity index (χ1n) is 7.24. The van der Waals surface area contributed by atoms with Gasteiger partial charge in [0.15, 0.2) is 8.32 Å². The quantitative estimate of drug-likeness (QED) is 0.451. The maximum atomic E-state index is 6.39. The van der Waals surface area contributed by atoms with Crippen LogP contribution in [-0.4, -0.2) is 14.4 Å². The number of hydrogen-bond acceptors (Lipinski definition) is 1. The minimum Gasteiger partial charge on any atom is -0.411 e. The van der Waals surface area contributed by atoms with Crippen molar-refractivity contribution in [2.24, 2.45) is 5.41 Å². The third-order valence-corrected chi connectivity index (χ3v) is 4.89. The van der Waals surface area contributed by atoms with Gasteiger partial charge in [-0.25, -0.2) is 0 Å². The third-order valence-electron chi connectivity index (χ3n) is 3.93. The molecule has 1 saturated carbocycles. The second-order valence-corrected chi connectivity index (χ2v) is 11.0. The van der Waals surface area contributed by atoms with Gasteiger partial charge in [-0.15, -0.1) is 6.58 Å². The summed E-state index contributed by atoms with van der Waals surface area (Å²) in [6.07, 6.45) is 11.8. The highest BCUT2D eigenvalue weighted by molar-refractivity contribution is 6.69. The first kappa shape index (κ1) is 15.0. The van der Waals surface area contributed by atoms with Gasteiger partial charge in [0.25, 0.3) is 0 Å². The van der Waals surface area contributed by atoms with Crippen LogP contribution in [0.25, 0.3) is 0 Å². The lowest BCUT2D eigenvalue weighted by Gasteiger charge is -2.39. The van der Waals surface area contributed by atoms with Crippen molar-refractivity contribution in [1.82, 2.24) is 0 Å². The first-order valence-corrected chi connectivity index (χ1v) is 10.6. The molecule has 0 radical (unpaired) electrons. The van der Waals surface area contributed by atoms with E-state index in [0.717, 1.165) is 0 Å². The molecule has 0 amide bonds. The van der Waals surface area contributed by atoms with Crippen molar-refractivity contribution in [3.8, 4) is 0 Å². The Morgan fingerprint density at radius 2 is 1.88 bits per heavy atom. The molecule has 0 aliphatic heterocycles. The molecule has 17 heavy (non-hydrogen) atoms. The van der Waals surface area contributed by atoms with E-state index in [1.54, 1.807) is 0 Å². The molecule has 1 aliphatic rings. The molecule has 0 saturated heterocycles. The van der Waals surface area contributed by atoms with Crippen molar-refractivity contribution in [2.75, 3.05) is 0 Å². The Morgan fingerprint density at radius 3 is 2.29 bits per heavy atom. The summed E-state index contributed by atoms with van der Waals surface area (Å²) in [7, 11) is -1.47. The summed E-state index contributed by atoms with van der Waals surface area (Å²) in [6.45, 7) is 13.2. The Hall–Kier alpha value is -0.0831. The van der Waals surface area contributed by atoms with Gasteiger partial charge in [0.1, 0.15) is 0 Å². The van der Waals surface area contributed by atoms with Crippen LogP contribution in [0.4, 0.5) is 0 Å². The highest BCUT2D eigenvalue weighted by Gasteiger charge is 2.41. The van der Waals surface area contributed by atoms with Gasteiger partial charge in [-0.2, -0.15) is 0 Å². The van der Waals surface area contributed by atoms with E-state index < -0.39 is 8.32 Å². The van der Waals surface area contributed by atoms with Crippen molar-refractivity contribution < 1.29 is 4.43 Å². The summed E-state index contributed by atoms with van der Waals surface area (Å²) in [5, 5.41) is 0. The standard InChI is InChI=1S/C15H30OSi/c1-6-8-11-15(12-9-10-13-15)14(7-2)16-17(3,4)5/h7,14H,2,6,8-13H2,1,3-5H3. The Bertz CT molecular complexity index is 236. The van der Waals surface area contributed by atoms with Gasteiger partial charge in [-0.1, -0.05) is 38.7 Å². The van der Waals surface area contributed by atoms with E-state index in [1.807, 2.05) is 0 Å². The Kier molecular flexibility index (Phi) is 5.45. The SMILES string of the molecule is C=CC(O[Si](C)(C)C)C1(CCCC)CCCC1. The van der Waals surface area contributed by atoms with Crippen molar-refractivity contribution in [2.45, 2.75) is 77.6 Å². The van der Waals surface area contributed by atoms with Crippen LogP contribution < -0.4 is 0 Å². The molecule has 0 spiro atoms. The zero-order chi connectivity index (χ0) is 12.9. The Morgan fingerprint density at radius 1 is 1.29 bits per heavy atom. The molecule has 100 valence electrons. The van der Waals surface area contributed by atoms with E-state index in [4.69, 9.17) is 4.43 Å². The monoisotopic (exact) mass is 254 g/mol. The fraction of sp³-hybridized carbons (Fsp3) is 0.867. The van der Waals surface area contributed by atoms with Crippen LogP contribution in [-0.2, 0) is 4.43 Å². The van der Waals surface area contributed by atoms with E-state index in [-0.39, 0.29) is 0 Å². The van der Waals surface area contributed by atoms with Gasteiger partial charge < -0.3 is 4.43 Å². The minimum absolute atomic E-state index is 0.295. The zero-order valence-corrected chi connectivity index (χ0v) is 13.2. The van der Waals surface area contributed by atoms with Crippen molar-refractivity contribution in [1.29, 1.82) is 0 Å². The van der Waals surface area contributed by atoms with Gasteiger partial charge in [0.2, 0.25) is 0 Å².